The molecule has 134 valence electrons. The highest BCUT2D eigenvalue weighted by atomic mass is 79.9. The molecule has 1 aliphatic heterocycles. The molecule has 0 amide bonds. The minimum atomic E-state index is -3.40. The smallest absolute Gasteiger partial charge is 0.215 e. The monoisotopic (exact) mass is 423 g/mol. The number of rotatable bonds is 6. The molecule has 1 fully saturated rings. The normalized spacial score (nSPS) is 17.3. The fraction of sp³-hybridized carbons (Fsp3) is 0.368. The van der Waals surface area contributed by atoms with Gasteiger partial charge in [-0.15, -0.1) is 0 Å². The molecule has 0 radical (unpaired) electrons. The fourth-order valence-electron chi connectivity index (χ4n) is 3.22. The van der Waals surface area contributed by atoms with E-state index in [4.69, 9.17) is 4.74 Å². The van der Waals surface area contributed by atoms with Crippen LogP contribution in [0.4, 0.5) is 0 Å². The lowest BCUT2D eigenvalue weighted by molar-refractivity contribution is 0.0517. The number of ether oxygens (including phenoxy) is 1. The van der Waals surface area contributed by atoms with Crippen LogP contribution < -0.4 is 4.72 Å². The van der Waals surface area contributed by atoms with E-state index >= 15 is 0 Å². The van der Waals surface area contributed by atoms with Crippen LogP contribution in [0, 0.1) is 0 Å². The Balaban J connectivity index is 1.73. The molecule has 1 aliphatic rings. The first-order valence-corrected chi connectivity index (χ1v) is 10.8. The van der Waals surface area contributed by atoms with Crippen LogP contribution in [0.2, 0.25) is 0 Å². The van der Waals surface area contributed by atoms with Crippen molar-refractivity contribution in [1.82, 2.24) is 4.72 Å². The molecule has 0 saturated carbocycles. The van der Waals surface area contributed by atoms with Crippen molar-refractivity contribution in [2.75, 3.05) is 19.8 Å². The standard InChI is InChI=1S/C19H22BrNO3S/c20-18-8-6-16(7-9-18)14-25(22,23)21-15-19(10-12-24-13-11-19)17-4-2-1-3-5-17/h1-9,21H,10-15H2. The average Bonchev–Trinajstić information content (AvgIpc) is 2.64. The van der Waals surface area contributed by atoms with Crippen molar-refractivity contribution >= 4 is 26.0 Å². The third-order valence-corrected chi connectivity index (χ3v) is 6.56. The van der Waals surface area contributed by atoms with Crippen molar-refractivity contribution in [3.05, 3.63) is 70.2 Å². The summed E-state index contributed by atoms with van der Waals surface area (Å²) < 4.78 is 34.4. The Hall–Kier alpha value is -1.21. The molecule has 1 saturated heterocycles. The Labute approximate surface area is 157 Å². The van der Waals surface area contributed by atoms with Gasteiger partial charge < -0.3 is 4.74 Å². The van der Waals surface area contributed by atoms with Crippen LogP contribution in [0.1, 0.15) is 24.0 Å². The first kappa shape index (κ1) is 18.6. The Morgan fingerprint density at radius 1 is 1.00 bits per heavy atom. The van der Waals surface area contributed by atoms with Crippen LogP contribution >= 0.6 is 15.9 Å². The molecule has 25 heavy (non-hydrogen) atoms. The Morgan fingerprint density at radius 3 is 2.28 bits per heavy atom. The van der Waals surface area contributed by atoms with Crippen LogP contribution in [0.15, 0.2) is 59.1 Å². The summed E-state index contributed by atoms with van der Waals surface area (Å²) >= 11 is 3.36. The highest BCUT2D eigenvalue weighted by molar-refractivity contribution is 9.10. The number of sulfonamides is 1. The van der Waals surface area contributed by atoms with Gasteiger partial charge in [0.05, 0.1) is 5.75 Å². The molecule has 0 bridgehead atoms. The van der Waals surface area contributed by atoms with E-state index in [1.165, 1.54) is 5.56 Å². The second kappa shape index (κ2) is 7.99. The zero-order valence-corrected chi connectivity index (χ0v) is 16.4. The van der Waals surface area contributed by atoms with Gasteiger partial charge in [-0.25, -0.2) is 13.1 Å². The maximum Gasteiger partial charge on any atom is 0.215 e. The van der Waals surface area contributed by atoms with Crippen molar-refractivity contribution < 1.29 is 13.2 Å². The van der Waals surface area contributed by atoms with Crippen molar-refractivity contribution in [3.8, 4) is 0 Å². The SMILES string of the molecule is O=S(=O)(Cc1ccc(Br)cc1)NCC1(c2ccccc2)CCOCC1. The van der Waals surface area contributed by atoms with Crippen LogP contribution in [-0.4, -0.2) is 28.2 Å². The van der Waals surface area contributed by atoms with Gasteiger partial charge in [0.15, 0.2) is 0 Å². The Bertz CT molecular complexity index is 785. The molecular formula is C19H22BrNO3S. The van der Waals surface area contributed by atoms with Crippen LogP contribution in [0.5, 0.6) is 0 Å². The molecule has 0 unspecified atom stereocenters. The number of hydrogen-bond donors (Lipinski definition) is 1. The van der Waals surface area contributed by atoms with Gasteiger partial charge in [-0.2, -0.15) is 0 Å². The summed E-state index contributed by atoms with van der Waals surface area (Å²) in [6, 6.07) is 17.5. The molecule has 3 rings (SSSR count). The summed E-state index contributed by atoms with van der Waals surface area (Å²) in [5.74, 6) is -0.0123. The average molecular weight is 424 g/mol. The van der Waals surface area contributed by atoms with Gasteiger partial charge in [0.2, 0.25) is 10.0 Å². The lowest BCUT2D eigenvalue weighted by atomic mass is 9.74. The third kappa shape index (κ3) is 4.91. The number of halogens is 1. The van der Waals surface area contributed by atoms with Crippen LogP contribution in [-0.2, 0) is 25.9 Å². The predicted molar refractivity (Wildman–Crippen MR) is 103 cm³/mol. The van der Waals surface area contributed by atoms with Crippen molar-refractivity contribution in [2.24, 2.45) is 0 Å². The molecular weight excluding hydrogens is 402 g/mol. The van der Waals surface area contributed by atoms with E-state index in [1.807, 2.05) is 42.5 Å². The first-order chi connectivity index (χ1) is 12.0. The Morgan fingerprint density at radius 2 is 1.64 bits per heavy atom. The topological polar surface area (TPSA) is 55.4 Å². The lowest BCUT2D eigenvalue weighted by Gasteiger charge is -2.37. The molecule has 2 aromatic carbocycles. The molecule has 0 aliphatic carbocycles. The molecule has 4 nitrogen and oxygen atoms in total. The van der Waals surface area contributed by atoms with Gasteiger partial charge >= 0.3 is 0 Å². The van der Waals surface area contributed by atoms with Crippen LogP contribution in [0.3, 0.4) is 0 Å². The lowest BCUT2D eigenvalue weighted by Crippen LogP contribution is -2.44. The maximum absolute atomic E-state index is 12.5. The van der Waals surface area contributed by atoms with Gasteiger partial charge in [0, 0.05) is 29.6 Å². The largest absolute Gasteiger partial charge is 0.381 e. The van der Waals surface area contributed by atoms with Crippen molar-refractivity contribution in [3.63, 3.8) is 0 Å². The summed E-state index contributed by atoms with van der Waals surface area (Å²) in [6.45, 7) is 1.71. The van der Waals surface area contributed by atoms with Crippen LogP contribution in [0.25, 0.3) is 0 Å². The second-order valence-electron chi connectivity index (χ2n) is 6.47. The minimum Gasteiger partial charge on any atom is -0.381 e. The molecule has 1 N–H and O–H groups in total. The van der Waals surface area contributed by atoms with Gasteiger partial charge in [-0.05, 0) is 36.1 Å². The summed E-state index contributed by atoms with van der Waals surface area (Å²) in [5, 5.41) is 0. The molecule has 2 aromatic rings. The zero-order chi connectivity index (χ0) is 17.8. The van der Waals surface area contributed by atoms with Gasteiger partial charge in [-0.1, -0.05) is 58.4 Å². The summed E-state index contributed by atoms with van der Waals surface area (Å²) in [7, 11) is -3.40. The molecule has 1 heterocycles. The highest BCUT2D eigenvalue weighted by Crippen LogP contribution is 2.34. The third-order valence-electron chi connectivity index (χ3n) is 4.74. The van der Waals surface area contributed by atoms with E-state index in [1.54, 1.807) is 0 Å². The molecule has 0 spiro atoms. The van der Waals surface area contributed by atoms with Gasteiger partial charge in [-0.3, -0.25) is 0 Å². The van der Waals surface area contributed by atoms with E-state index in [2.05, 4.69) is 32.8 Å². The molecule has 0 atom stereocenters. The Kier molecular flexibility index (Phi) is 5.94. The fourth-order valence-corrected chi connectivity index (χ4v) is 4.71. The van der Waals surface area contributed by atoms with Crippen molar-refractivity contribution in [2.45, 2.75) is 24.0 Å². The van der Waals surface area contributed by atoms with E-state index in [-0.39, 0.29) is 11.2 Å². The van der Waals surface area contributed by atoms with E-state index in [0.717, 1.165) is 22.9 Å². The number of nitrogens with one attached hydrogen (secondary N) is 1. The molecule has 6 heteroatoms. The predicted octanol–water partition coefficient (Wildman–Crippen LogP) is 3.62. The first-order valence-electron chi connectivity index (χ1n) is 8.34. The van der Waals surface area contributed by atoms with E-state index in [0.29, 0.717) is 19.8 Å². The van der Waals surface area contributed by atoms with E-state index < -0.39 is 10.0 Å². The number of hydrogen-bond acceptors (Lipinski definition) is 3. The maximum atomic E-state index is 12.5. The quantitative estimate of drug-likeness (QED) is 0.771. The summed E-state index contributed by atoms with van der Waals surface area (Å²) in [6.07, 6.45) is 1.63. The van der Waals surface area contributed by atoms with E-state index in [9.17, 15) is 8.42 Å². The molecule has 0 aromatic heterocycles. The summed E-state index contributed by atoms with van der Waals surface area (Å²) in [5.41, 5.74) is 1.74. The number of benzene rings is 2. The highest BCUT2D eigenvalue weighted by Gasteiger charge is 2.35. The second-order valence-corrected chi connectivity index (χ2v) is 9.19. The summed E-state index contributed by atoms with van der Waals surface area (Å²) in [4.78, 5) is 0. The van der Waals surface area contributed by atoms with Gasteiger partial charge in [0.1, 0.15) is 0 Å². The van der Waals surface area contributed by atoms with Gasteiger partial charge in [0.25, 0.3) is 0 Å². The zero-order valence-electron chi connectivity index (χ0n) is 13.9. The van der Waals surface area contributed by atoms with Crippen molar-refractivity contribution in [1.29, 1.82) is 0 Å². The minimum absolute atomic E-state index is 0.0123.